The van der Waals surface area contributed by atoms with E-state index >= 15 is 0 Å². The van der Waals surface area contributed by atoms with Gasteiger partial charge < -0.3 is 10.2 Å². The molecular weight excluding hydrogens is 240 g/mol. The molecule has 2 N–H and O–H groups in total. The zero-order chi connectivity index (χ0) is 13.2. The Bertz CT molecular complexity index is 556. The van der Waals surface area contributed by atoms with Crippen LogP contribution in [0.5, 0.6) is 0 Å². The first-order chi connectivity index (χ1) is 9.24. The number of carbonyl (C=O) groups excluding carboxylic acids is 1. The van der Waals surface area contributed by atoms with E-state index in [0.717, 1.165) is 48.6 Å². The van der Waals surface area contributed by atoms with Gasteiger partial charge in [-0.1, -0.05) is 12.2 Å². The Hall–Kier alpha value is -2.04. The van der Waals surface area contributed by atoms with E-state index in [4.69, 9.17) is 0 Å². The Balaban J connectivity index is 1.81. The molecule has 19 heavy (non-hydrogen) atoms. The van der Waals surface area contributed by atoms with Crippen molar-refractivity contribution < 1.29 is 4.79 Å². The van der Waals surface area contributed by atoms with Crippen LogP contribution >= 0.6 is 0 Å². The third-order valence-corrected chi connectivity index (χ3v) is 3.64. The number of allylic oxidation sites excluding steroid dienone is 3. The molecule has 3 rings (SSSR count). The number of amides is 1. The summed E-state index contributed by atoms with van der Waals surface area (Å²) in [6.45, 7) is 3.03. The lowest BCUT2D eigenvalue weighted by atomic mass is 10.1. The van der Waals surface area contributed by atoms with Crippen molar-refractivity contribution in [3.8, 4) is 0 Å². The van der Waals surface area contributed by atoms with Crippen LogP contribution in [-0.2, 0) is 17.8 Å². The number of hydrogen-bond donors (Lipinski definition) is 2. The molecule has 2 aliphatic rings. The molecular formula is C14H18N4O. The standard InChI is InChI=1S/C14H18N4O/c1-10(19)18-8-7-13-12(9-18)14(17-16-13)15-11-5-3-2-4-6-11/h3,5-6H,2,4,7-9H2,1H3,(H2,15,16,17). The third kappa shape index (κ3) is 2.41. The van der Waals surface area contributed by atoms with Gasteiger partial charge in [0, 0.05) is 36.8 Å². The smallest absolute Gasteiger partial charge is 0.219 e. The molecule has 1 aliphatic heterocycles. The number of rotatable bonds is 2. The number of anilines is 1. The second-order valence-corrected chi connectivity index (χ2v) is 4.98. The van der Waals surface area contributed by atoms with Gasteiger partial charge in [0.05, 0.1) is 6.54 Å². The van der Waals surface area contributed by atoms with Gasteiger partial charge in [0.15, 0.2) is 5.82 Å². The van der Waals surface area contributed by atoms with Crippen molar-refractivity contribution >= 4 is 11.7 Å². The van der Waals surface area contributed by atoms with Crippen LogP contribution in [-0.4, -0.2) is 27.5 Å². The summed E-state index contributed by atoms with van der Waals surface area (Å²) in [6, 6.07) is 0. The van der Waals surface area contributed by atoms with E-state index < -0.39 is 0 Å². The minimum atomic E-state index is 0.120. The SMILES string of the molecule is CC(=O)N1CCc2[nH]nc(NC3=CCCC=C3)c2C1. The second kappa shape index (κ2) is 4.91. The van der Waals surface area contributed by atoms with Crippen LogP contribution in [0.1, 0.15) is 31.0 Å². The first-order valence-electron chi connectivity index (χ1n) is 6.69. The summed E-state index contributed by atoms with van der Waals surface area (Å²) in [7, 11) is 0. The molecule has 1 aromatic heterocycles. The average Bonchev–Trinajstić information content (AvgIpc) is 2.82. The third-order valence-electron chi connectivity index (χ3n) is 3.64. The highest BCUT2D eigenvalue weighted by Crippen LogP contribution is 2.25. The summed E-state index contributed by atoms with van der Waals surface area (Å²) >= 11 is 0. The molecule has 0 radical (unpaired) electrons. The van der Waals surface area contributed by atoms with Crippen molar-refractivity contribution in [1.29, 1.82) is 0 Å². The van der Waals surface area contributed by atoms with Gasteiger partial charge >= 0.3 is 0 Å². The zero-order valence-corrected chi connectivity index (χ0v) is 11.1. The van der Waals surface area contributed by atoms with Gasteiger partial charge in [-0.25, -0.2) is 0 Å². The largest absolute Gasteiger partial charge is 0.339 e. The molecule has 0 spiro atoms. The number of aromatic amines is 1. The first kappa shape index (κ1) is 12.0. The molecule has 2 heterocycles. The van der Waals surface area contributed by atoms with Crippen LogP contribution in [0.25, 0.3) is 0 Å². The van der Waals surface area contributed by atoms with E-state index in [1.54, 1.807) is 6.92 Å². The molecule has 0 saturated heterocycles. The molecule has 0 aromatic carbocycles. The topological polar surface area (TPSA) is 61.0 Å². The van der Waals surface area contributed by atoms with Gasteiger partial charge in [0.2, 0.25) is 5.91 Å². The fourth-order valence-corrected chi connectivity index (χ4v) is 2.51. The molecule has 0 unspecified atom stereocenters. The lowest BCUT2D eigenvalue weighted by Gasteiger charge is -2.26. The van der Waals surface area contributed by atoms with Crippen molar-refractivity contribution in [3.05, 3.63) is 35.2 Å². The van der Waals surface area contributed by atoms with E-state index in [2.05, 4.69) is 33.7 Å². The predicted octanol–water partition coefficient (Wildman–Crippen LogP) is 1.96. The van der Waals surface area contributed by atoms with E-state index in [0.29, 0.717) is 6.54 Å². The molecule has 5 heteroatoms. The highest BCUT2D eigenvalue weighted by Gasteiger charge is 2.23. The number of aromatic nitrogens is 2. The van der Waals surface area contributed by atoms with Crippen molar-refractivity contribution in [3.63, 3.8) is 0 Å². The Kier molecular flexibility index (Phi) is 3.11. The maximum atomic E-state index is 11.5. The Labute approximate surface area is 112 Å². The van der Waals surface area contributed by atoms with Gasteiger partial charge in [-0.15, -0.1) is 0 Å². The fraction of sp³-hybridized carbons (Fsp3) is 0.429. The average molecular weight is 258 g/mol. The van der Waals surface area contributed by atoms with E-state index in [-0.39, 0.29) is 5.91 Å². The van der Waals surface area contributed by atoms with Crippen LogP contribution in [0.15, 0.2) is 23.9 Å². The summed E-state index contributed by atoms with van der Waals surface area (Å²) in [4.78, 5) is 13.3. The molecule has 0 saturated carbocycles. The van der Waals surface area contributed by atoms with Gasteiger partial charge in [-0.2, -0.15) is 5.10 Å². The zero-order valence-electron chi connectivity index (χ0n) is 11.1. The van der Waals surface area contributed by atoms with Crippen molar-refractivity contribution in [2.45, 2.75) is 32.7 Å². The summed E-state index contributed by atoms with van der Waals surface area (Å²) in [5.74, 6) is 0.966. The number of hydrogen-bond acceptors (Lipinski definition) is 3. The molecule has 100 valence electrons. The fourth-order valence-electron chi connectivity index (χ4n) is 2.51. The lowest BCUT2D eigenvalue weighted by molar-refractivity contribution is -0.129. The molecule has 5 nitrogen and oxygen atoms in total. The Morgan fingerprint density at radius 2 is 2.37 bits per heavy atom. The quantitative estimate of drug-likeness (QED) is 0.852. The number of fused-ring (bicyclic) bond motifs is 1. The highest BCUT2D eigenvalue weighted by molar-refractivity contribution is 5.74. The van der Waals surface area contributed by atoms with Gasteiger partial charge in [-0.3, -0.25) is 9.89 Å². The first-order valence-corrected chi connectivity index (χ1v) is 6.69. The van der Waals surface area contributed by atoms with E-state index in [9.17, 15) is 4.79 Å². The molecule has 1 aromatic rings. The molecule has 0 atom stereocenters. The summed E-state index contributed by atoms with van der Waals surface area (Å²) in [6.07, 6.45) is 9.41. The predicted molar refractivity (Wildman–Crippen MR) is 73.5 cm³/mol. The number of H-pyrrole nitrogens is 1. The maximum absolute atomic E-state index is 11.5. The van der Waals surface area contributed by atoms with Gasteiger partial charge in [0.25, 0.3) is 0 Å². The number of nitrogens with zero attached hydrogens (tertiary/aromatic N) is 2. The summed E-state index contributed by atoms with van der Waals surface area (Å²) < 4.78 is 0. The number of carbonyl (C=O) groups is 1. The number of nitrogens with one attached hydrogen (secondary N) is 2. The molecule has 0 bridgehead atoms. The van der Waals surface area contributed by atoms with E-state index in [1.807, 2.05) is 4.90 Å². The normalized spacial score (nSPS) is 17.9. The molecule has 0 fully saturated rings. The van der Waals surface area contributed by atoms with Crippen LogP contribution in [0.4, 0.5) is 5.82 Å². The lowest BCUT2D eigenvalue weighted by Crippen LogP contribution is -2.34. The molecule has 1 aliphatic carbocycles. The van der Waals surface area contributed by atoms with E-state index in [1.165, 1.54) is 0 Å². The Morgan fingerprint density at radius 3 is 3.11 bits per heavy atom. The molecule has 1 amide bonds. The summed E-state index contributed by atoms with van der Waals surface area (Å²) in [5.41, 5.74) is 3.34. The van der Waals surface area contributed by atoms with Crippen molar-refractivity contribution in [1.82, 2.24) is 15.1 Å². The Morgan fingerprint density at radius 1 is 1.47 bits per heavy atom. The monoisotopic (exact) mass is 258 g/mol. The van der Waals surface area contributed by atoms with Crippen molar-refractivity contribution in [2.75, 3.05) is 11.9 Å². The minimum absolute atomic E-state index is 0.120. The summed E-state index contributed by atoms with van der Waals surface area (Å²) in [5, 5.41) is 10.8. The highest BCUT2D eigenvalue weighted by atomic mass is 16.2. The second-order valence-electron chi connectivity index (χ2n) is 4.98. The van der Waals surface area contributed by atoms with Crippen LogP contribution < -0.4 is 5.32 Å². The van der Waals surface area contributed by atoms with Crippen LogP contribution in [0.2, 0.25) is 0 Å². The van der Waals surface area contributed by atoms with Crippen LogP contribution in [0.3, 0.4) is 0 Å². The van der Waals surface area contributed by atoms with Gasteiger partial charge in [0.1, 0.15) is 0 Å². The maximum Gasteiger partial charge on any atom is 0.219 e. The van der Waals surface area contributed by atoms with Crippen molar-refractivity contribution in [2.24, 2.45) is 0 Å². The van der Waals surface area contributed by atoms with Gasteiger partial charge in [-0.05, 0) is 18.9 Å². The van der Waals surface area contributed by atoms with Crippen LogP contribution in [0, 0.1) is 0 Å². The minimum Gasteiger partial charge on any atom is -0.339 e.